The molecule has 1 unspecified atom stereocenters. The highest BCUT2D eigenvalue weighted by Crippen LogP contribution is 2.27. The van der Waals surface area contributed by atoms with Gasteiger partial charge in [-0.2, -0.15) is 4.31 Å². The standard InChI is InChI=1S/C11H17NO4S2/c1-16-9-3-2-5-12(7-9)18(14,15)11-4-6-17-10(11)8-13/h4,6,9,13H,2-3,5,7-8H2,1H3. The molecule has 1 atom stereocenters. The van der Waals surface area contributed by atoms with Gasteiger partial charge in [-0.1, -0.05) is 0 Å². The van der Waals surface area contributed by atoms with Crippen LogP contribution in [0.4, 0.5) is 0 Å². The number of nitrogens with zero attached hydrogens (tertiary/aromatic N) is 1. The monoisotopic (exact) mass is 291 g/mol. The molecule has 0 radical (unpaired) electrons. The lowest BCUT2D eigenvalue weighted by atomic mass is 10.1. The SMILES string of the molecule is COC1CCCN(S(=O)(=O)c2ccsc2CO)C1. The van der Waals surface area contributed by atoms with Crippen molar-refractivity contribution in [1.82, 2.24) is 4.31 Å². The number of aliphatic hydroxyl groups excluding tert-OH is 1. The zero-order valence-electron chi connectivity index (χ0n) is 10.2. The summed E-state index contributed by atoms with van der Waals surface area (Å²) in [5.74, 6) is 0. The normalized spacial score (nSPS) is 22.2. The van der Waals surface area contributed by atoms with E-state index in [0.29, 0.717) is 18.0 Å². The van der Waals surface area contributed by atoms with Crippen LogP contribution in [0.1, 0.15) is 17.7 Å². The molecular weight excluding hydrogens is 274 g/mol. The van der Waals surface area contributed by atoms with Crippen molar-refractivity contribution in [2.75, 3.05) is 20.2 Å². The van der Waals surface area contributed by atoms with Gasteiger partial charge < -0.3 is 9.84 Å². The Hall–Kier alpha value is -0.470. The number of ether oxygens (including phenoxy) is 1. The van der Waals surface area contributed by atoms with Crippen molar-refractivity contribution >= 4 is 21.4 Å². The minimum atomic E-state index is -3.50. The highest BCUT2D eigenvalue weighted by molar-refractivity contribution is 7.89. The molecule has 2 rings (SSSR count). The molecular formula is C11H17NO4S2. The van der Waals surface area contributed by atoms with E-state index in [1.165, 1.54) is 15.6 Å². The summed E-state index contributed by atoms with van der Waals surface area (Å²) >= 11 is 1.26. The zero-order valence-corrected chi connectivity index (χ0v) is 11.8. The van der Waals surface area contributed by atoms with E-state index in [1.807, 2.05) is 0 Å². The van der Waals surface area contributed by atoms with Gasteiger partial charge in [0.1, 0.15) is 0 Å². The molecule has 1 aliphatic rings. The van der Waals surface area contributed by atoms with Crippen molar-refractivity contribution in [3.8, 4) is 0 Å². The number of rotatable bonds is 4. The van der Waals surface area contributed by atoms with E-state index in [0.717, 1.165) is 12.8 Å². The lowest BCUT2D eigenvalue weighted by Crippen LogP contribution is -2.42. The summed E-state index contributed by atoms with van der Waals surface area (Å²) in [6.07, 6.45) is 1.65. The van der Waals surface area contributed by atoms with Crippen LogP contribution in [0.25, 0.3) is 0 Å². The molecule has 0 aromatic carbocycles. The summed E-state index contributed by atoms with van der Waals surface area (Å²) < 4.78 is 31.6. The van der Waals surface area contributed by atoms with Crippen molar-refractivity contribution in [3.05, 3.63) is 16.3 Å². The number of aliphatic hydroxyl groups is 1. The highest BCUT2D eigenvalue weighted by atomic mass is 32.2. The maximum Gasteiger partial charge on any atom is 0.244 e. The fraction of sp³-hybridized carbons (Fsp3) is 0.636. The third-order valence-corrected chi connectivity index (χ3v) is 6.12. The Morgan fingerprint density at radius 2 is 2.39 bits per heavy atom. The Morgan fingerprint density at radius 3 is 3.06 bits per heavy atom. The lowest BCUT2D eigenvalue weighted by molar-refractivity contribution is 0.0571. The second-order valence-corrected chi connectivity index (χ2v) is 7.14. The van der Waals surface area contributed by atoms with Crippen LogP contribution in [0.5, 0.6) is 0 Å². The van der Waals surface area contributed by atoms with Crippen molar-refractivity contribution in [2.24, 2.45) is 0 Å². The largest absolute Gasteiger partial charge is 0.391 e. The van der Waals surface area contributed by atoms with Crippen LogP contribution in [-0.4, -0.2) is 44.1 Å². The smallest absolute Gasteiger partial charge is 0.244 e. The molecule has 0 bridgehead atoms. The number of thiophene rings is 1. The molecule has 2 heterocycles. The number of hydrogen-bond acceptors (Lipinski definition) is 5. The van der Waals surface area contributed by atoms with Gasteiger partial charge in [0.05, 0.1) is 17.6 Å². The maximum atomic E-state index is 12.5. The van der Waals surface area contributed by atoms with Gasteiger partial charge in [-0.05, 0) is 24.3 Å². The molecule has 0 amide bonds. The van der Waals surface area contributed by atoms with Gasteiger partial charge in [0, 0.05) is 25.1 Å². The van der Waals surface area contributed by atoms with E-state index < -0.39 is 10.0 Å². The van der Waals surface area contributed by atoms with Gasteiger partial charge in [0.25, 0.3) is 0 Å². The minimum absolute atomic E-state index is 0.0373. The van der Waals surface area contributed by atoms with Crippen LogP contribution in [0, 0.1) is 0 Å². The zero-order chi connectivity index (χ0) is 13.2. The van der Waals surface area contributed by atoms with E-state index >= 15 is 0 Å². The van der Waals surface area contributed by atoms with Crippen molar-refractivity contribution < 1.29 is 18.3 Å². The minimum Gasteiger partial charge on any atom is -0.391 e. The van der Waals surface area contributed by atoms with Crippen molar-refractivity contribution in [2.45, 2.75) is 30.4 Å². The van der Waals surface area contributed by atoms with Crippen molar-refractivity contribution in [3.63, 3.8) is 0 Å². The summed E-state index contributed by atoms with van der Waals surface area (Å²) in [7, 11) is -1.90. The second-order valence-electron chi connectivity index (χ2n) is 4.23. The average Bonchev–Trinajstić information content (AvgIpc) is 2.88. The fourth-order valence-electron chi connectivity index (χ4n) is 2.13. The van der Waals surface area contributed by atoms with Gasteiger partial charge in [-0.3, -0.25) is 0 Å². The molecule has 18 heavy (non-hydrogen) atoms. The summed E-state index contributed by atoms with van der Waals surface area (Å²) in [5, 5.41) is 10.9. The Balaban J connectivity index is 2.25. The third kappa shape index (κ3) is 2.60. The fourth-order valence-corrected chi connectivity index (χ4v) is 4.90. The maximum absolute atomic E-state index is 12.5. The number of methoxy groups -OCH3 is 1. The first kappa shape index (κ1) is 14.0. The molecule has 1 aromatic heterocycles. The summed E-state index contributed by atoms with van der Waals surface area (Å²) in [6, 6.07) is 1.56. The first-order valence-corrected chi connectivity index (χ1v) is 8.11. The molecule has 0 saturated carbocycles. The van der Waals surface area contributed by atoms with Gasteiger partial charge in [-0.25, -0.2) is 8.42 Å². The molecule has 7 heteroatoms. The van der Waals surface area contributed by atoms with Crippen LogP contribution in [0.15, 0.2) is 16.3 Å². The Labute approximate surface area is 111 Å². The molecule has 5 nitrogen and oxygen atoms in total. The Kier molecular flexibility index (Phi) is 4.39. The predicted molar refractivity (Wildman–Crippen MR) is 69.0 cm³/mol. The first-order valence-electron chi connectivity index (χ1n) is 5.79. The molecule has 1 aliphatic heterocycles. The molecule has 1 saturated heterocycles. The summed E-state index contributed by atoms with van der Waals surface area (Å²) in [4.78, 5) is 0.723. The summed E-state index contributed by atoms with van der Waals surface area (Å²) in [6.45, 7) is 0.663. The summed E-state index contributed by atoms with van der Waals surface area (Å²) in [5.41, 5.74) is 0. The van der Waals surface area contributed by atoms with Crippen LogP contribution in [0.2, 0.25) is 0 Å². The highest BCUT2D eigenvalue weighted by Gasteiger charge is 2.32. The number of piperidine rings is 1. The van der Waals surface area contributed by atoms with Gasteiger partial charge in [0.2, 0.25) is 10.0 Å². The molecule has 1 aromatic rings. The van der Waals surface area contributed by atoms with E-state index in [4.69, 9.17) is 9.84 Å². The van der Waals surface area contributed by atoms with Crippen LogP contribution >= 0.6 is 11.3 Å². The number of sulfonamides is 1. The van der Waals surface area contributed by atoms with Gasteiger partial charge in [-0.15, -0.1) is 11.3 Å². The molecule has 0 spiro atoms. The van der Waals surface area contributed by atoms with Crippen LogP contribution < -0.4 is 0 Å². The van der Waals surface area contributed by atoms with E-state index in [-0.39, 0.29) is 17.6 Å². The first-order chi connectivity index (χ1) is 8.59. The quantitative estimate of drug-likeness (QED) is 0.900. The third-order valence-electron chi connectivity index (χ3n) is 3.14. The topological polar surface area (TPSA) is 66.8 Å². The van der Waals surface area contributed by atoms with Gasteiger partial charge >= 0.3 is 0 Å². The second kappa shape index (κ2) is 5.66. The Bertz CT molecular complexity index is 497. The molecule has 102 valence electrons. The Morgan fingerprint density at radius 1 is 1.61 bits per heavy atom. The lowest BCUT2D eigenvalue weighted by Gasteiger charge is -2.31. The number of hydrogen-bond donors (Lipinski definition) is 1. The van der Waals surface area contributed by atoms with Crippen LogP contribution in [-0.2, 0) is 21.4 Å². The molecule has 1 N–H and O–H groups in total. The molecule has 1 fully saturated rings. The van der Waals surface area contributed by atoms with E-state index in [1.54, 1.807) is 18.6 Å². The van der Waals surface area contributed by atoms with Crippen molar-refractivity contribution in [1.29, 1.82) is 0 Å². The average molecular weight is 291 g/mol. The van der Waals surface area contributed by atoms with E-state index in [2.05, 4.69) is 0 Å². The molecule has 0 aliphatic carbocycles. The van der Waals surface area contributed by atoms with E-state index in [9.17, 15) is 8.42 Å². The predicted octanol–water partition coefficient (Wildman–Crippen LogP) is 1.04. The van der Waals surface area contributed by atoms with Crippen LogP contribution in [0.3, 0.4) is 0 Å². The van der Waals surface area contributed by atoms with Gasteiger partial charge in [0.15, 0.2) is 0 Å².